The lowest BCUT2D eigenvalue weighted by atomic mass is 9.91. The van der Waals surface area contributed by atoms with Crippen LogP contribution in [0.25, 0.3) is 0 Å². The summed E-state index contributed by atoms with van der Waals surface area (Å²) in [5, 5.41) is 8.56. The average molecular weight is 230 g/mol. The molecule has 0 bridgehead atoms. The van der Waals surface area contributed by atoms with Crippen LogP contribution in [0.2, 0.25) is 0 Å². The van der Waals surface area contributed by atoms with E-state index < -0.39 is 0 Å². The maximum Gasteiger partial charge on any atom is 0.305 e. The van der Waals surface area contributed by atoms with Gasteiger partial charge in [0.2, 0.25) is 0 Å². The summed E-state index contributed by atoms with van der Waals surface area (Å²) in [6.07, 6.45) is 4.98. The predicted octanol–water partition coefficient (Wildman–Crippen LogP) is 2.91. The van der Waals surface area contributed by atoms with Gasteiger partial charge < -0.3 is 9.84 Å². The first-order valence-corrected chi connectivity index (χ1v) is 6.22. The molecule has 0 aliphatic carbocycles. The van der Waals surface area contributed by atoms with Crippen LogP contribution in [0.5, 0.6) is 0 Å². The fourth-order valence-electron chi connectivity index (χ4n) is 1.42. The zero-order chi connectivity index (χ0) is 12.4. The fraction of sp³-hybridized carbons (Fsp3) is 0.923. The molecule has 96 valence electrons. The first-order chi connectivity index (χ1) is 7.45. The van der Waals surface area contributed by atoms with E-state index in [2.05, 4.69) is 20.8 Å². The third-order valence-corrected chi connectivity index (χ3v) is 2.37. The predicted molar refractivity (Wildman–Crippen MR) is 65.2 cm³/mol. The lowest BCUT2D eigenvalue weighted by Crippen LogP contribution is -2.10. The highest BCUT2D eigenvalue weighted by atomic mass is 16.5. The molecule has 0 aromatic carbocycles. The van der Waals surface area contributed by atoms with Crippen molar-refractivity contribution < 1.29 is 14.6 Å². The molecule has 0 rings (SSSR count). The second-order valence-corrected chi connectivity index (χ2v) is 5.42. The van der Waals surface area contributed by atoms with Crippen LogP contribution in [0, 0.1) is 5.41 Å². The van der Waals surface area contributed by atoms with Crippen molar-refractivity contribution in [3.05, 3.63) is 0 Å². The second kappa shape index (κ2) is 8.57. The van der Waals surface area contributed by atoms with Crippen LogP contribution in [-0.4, -0.2) is 24.3 Å². The number of rotatable bonds is 8. The number of hydrogen-bond acceptors (Lipinski definition) is 3. The highest BCUT2D eigenvalue weighted by molar-refractivity contribution is 5.69. The first-order valence-electron chi connectivity index (χ1n) is 6.22. The molecular weight excluding hydrogens is 204 g/mol. The van der Waals surface area contributed by atoms with E-state index >= 15 is 0 Å². The van der Waals surface area contributed by atoms with Crippen molar-refractivity contribution in [3.63, 3.8) is 0 Å². The molecule has 0 aliphatic heterocycles. The Kier molecular flexibility index (Phi) is 8.26. The maximum absolute atomic E-state index is 11.2. The second-order valence-electron chi connectivity index (χ2n) is 5.42. The summed E-state index contributed by atoms with van der Waals surface area (Å²) in [4.78, 5) is 11.2. The molecule has 0 radical (unpaired) electrons. The lowest BCUT2D eigenvalue weighted by molar-refractivity contribution is -0.144. The standard InChI is InChI=1S/C13H26O3/c1-13(2,3)9-7-11-16-12(15)8-5-4-6-10-14/h14H,4-11H2,1-3H3. The van der Waals surface area contributed by atoms with Gasteiger partial charge in [-0.05, 0) is 31.1 Å². The third-order valence-electron chi connectivity index (χ3n) is 2.37. The Morgan fingerprint density at radius 2 is 1.81 bits per heavy atom. The molecule has 1 N–H and O–H groups in total. The van der Waals surface area contributed by atoms with Crippen molar-refractivity contribution in [1.82, 2.24) is 0 Å². The molecule has 0 amide bonds. The summed E-state index contributed by atoms with van der Waals surface area (Å²) in [7, 11) is 0. The number of aliphatic hydroxyl groups is 1. The molecule has 0 aromatic rings. The van der Waals surface area contributed by atoms with E-state index in [4.69, 9.17) is 9.84 Å². The third kappa shape index (κ3) is 11.5. The Morgan fingerprint density at radius 1 is 1.12 bits per heavy atom. The minimum absolute atomic E-state index is 0.105. The van der Waals surface area contributed by atoms with Gasteiger partial charge in [-0.15, -0.1) is 0 Å². The van der Waals surface area contributed by atoms with Crippen molar-refractivity contribution in [2.75, 3.05) is 13.2 Å². The molecular formula is C13H26O3. The Hall–Kier alpha value is -0.570. The molecule has 16 heavy (non-hydrogen) atoms. The fourth-order valence-corrected chi connectivity index (χ4v) is 1.42. The molecule has 0 aromatic heterocycles. The molecule has 0 atom stereocenters. The summed E-state index contributed by atoms with van der Waals surface area (Å²) in [5.41, 5.74) is 0.313. The van der Waals surface area contributed by atoms with Crippen molar-refractivity contribution in [1.29, 1.82) is 0 Å². The number of aliphatic hydroxyl groups excluding tert-OH is 1. The van der Waals surface area contributed by atoms with Crippen LogP contribution in [0.4, 0.5) is 0 Å². The molecule has 0 saturated carbocycles. The quantitative estimate of drug-likeness (QED) is 0.515. The van der Waals surface area contributed by atoms with Gasteiger partial charge in [0.15, 0.2) is 0 Å². The SMILES string of the molecule is CC(C)(C)CCCOC(=O)CCCCCO. The number of carbonyl (C=O) groups is 1. The molecule has 0 aliphatic rings. The zero-order valence-corrected chi connectivity index (χ0v) is 10.9. The van der Waals surface area contributed by atoms with Crippen molar-refractivity contribution in [2.45, 2.75) is 59.3 Å². The van der Waals surface area contributed by atoms with Gasteiger partial charge in [0.1, 0.15) is 0 Å². The Morgan fingerprint density at radius 3 is 2.38 bits per heavy atom. The minimum atomic E-state index is -0.105. The zero-order valence-electron chi connectivity index (χ0n) is 10.9. The molecule has 3 nitrogen and oxygen atoms in total. The van der Waals surface area contributed by atoms with Gasteiger partial charge in [0.05, 0.1) is 6.61 Å². The molecule has 3 heteroatoms. The van der Waals surface area contributed by atoms with Gasteiger partial charge in [0.25, 0.3) is 0 Å². The summed E-state index contributed by atoms with van der Waals surface area (Å²) in [6, 6.07) is 0. The van der Waals surface area contributed by atoms with E-state index in [9.17, 15) is 4.79 Å². The van der Waals surface area contributed by atoms with E-state index in [1.807, 2.05) is 0 Å². The van der Waals surface area contributed by atoms with Crippen LogP contribution in [-0.2, 0) is 9.53 Å². The van der Waals surface area contributed by atoms with Gasteiger partial charge in [0, 0.05) is 13.0 Å². The van der Waals surface area contributed by atoms with Crippen LogP contribution in [0.3, 0.4) is 0 Å². The molecule has 0 heterocycles. The van der Waals surface area contributed by atoms with E-state index in [0.29, 0.717) is 18.4 Å². The smallest absolute Gasteiger partial charge is 0.305 e. The van der Waals surface area contributed by atoms with Crippen molar-refractivity contribution in [2.24, 2.45) is 5.41 Å². The average Bonchev–Trinajstić information content (AvgIpc) is 2.18. The summed E-state index contributed by atoms with van der Waals surface area (Å²) in [6.45, 7) is 7.30. The maximum atomic E-state index is 11.2. The monoisotopic (exact) mass is 230 g/mol. The normalized spacial score (nSPS) is 11.5. The minimum Gasteiger partial charge on any atom is -0.466 e. The van der Waals surface area contributed by atoms with Crippen molar-refractivity contribution in [3.8, 4) is 0 Å². The topological polar surface area (TPSA) is 46.5 Å². The van der Waals surface area contributed by atoms with Crippen LogP contribution in [0.15, 0.2) is 0 Å². The van der Waals surface area contributed by atoms with Crippen LogP contribution >= 0.6 is 0 Å². The van der Waals surface area contributed by atoms with E-state index in [0.717, 1.165) is 32.1 Å². The summed E-state index contributed by atoms with van der Waals surface area (Å²) in [5.74, 6) is -0.105. The van der Waals surface area contributed by atoms with Gasteiger partial charge >= 0.3 is 5.97 Å². The molecule has 0 saturated heterocycles. The Balaban J connectivity index is 3.31. The Labute approximate surface area is 99.2 Å². The van der Waals surface area contributed by atoms with Crippen LogP contribution < -0.4 is 0 Å². The number of carbonyl (C=O) groups excluding carboxylic acids is 1. The molecule has 0 unspecified atom stereocenters. The number of esters is 1. The number of ether oxygens (including phenoxy) is 1. The highest BCUT2D eigenvalue weighted by Gasteiger charge is 2.10. The van der Waals surface area contributed by atoms with Gasteiger partial charge in [-0.2, -0.15) is 0 Å². The number of unbranched alkanes of at least 4 members (excludes halogenated alkanes) is 2. The van der Waals surface area contributed by atoms with E-state index in [1.165, 1.54) is 0 Å². The lowest BCUT2D eigenvalue weighted by Gasteiger charge is -2.17. The summed E-state index contributed by atoms with van der Waals surface area (Å²) >= 11 is 0. The molecule has 0 fully saturated rings. The largest absolute Gasteiger partial charge is 0.466 e. The highest BCUT2D eigenvalue weighted by Crippen LogP contribution is 2.20. The summed E-state index contributed by atoms with van der Waals surface area (Å²) < 4.78 is 5.12. The van der Waals surface area contributed by atoms with Crippen LogP contribution in [0.1, 0.15) is 59.3 Å². The van der Waals surface area contributed by atoms with Gasteiger partial charge in [-0.25, -0.2) is 0 Å². The van der Waals surface area contributed by atoms with Crippen molar-refractivity contribution >= 4 is 5.97 Å². The van der Waals surface area contributed by atoms with Gasteiger partial charge in [-0.3, -0.25) is 4.79 Å². The van der Waals surface area contributed by atoms with E-state index in [1.54, 1.807) is 0 Å². The number of hydrogen-bond donors (Lipinski definition) is 1. The Bertz CT molecular complexity index is 182. The first kappa shape index (κ1) is 15.4. The van der Waals surface area contributed by atoms with E-state index in [-0.39, 0.29) is 12.6 Å². The van der Waals surface area contributed by atoms with Gasteiger partial charge in [-0.1, -0.05) is 27.2 Å². The molecule has 0 spiro atoms.